The van der Waals surface area contributed by atoms with Gasteiger partial charge in [0.05, 0.1) is 19.6 Å². The molecule has 0 radical (unpaired) electrons. The molecule has 164 valence electrons. The number of piperidine rings is 1. The highest BCUT2D eigenvalue weighted by molar-refractivity contribution is 5.89. The van der Waals surface area contributed by atoms with E-state index in [4.69, 9.17) is 4.74 Å². The Bertz CT molecular complexity index is 891. The number of nitrogens with zero attached hydrogens (tertiary/aromatic N) is 1. The van der Waals surface area contributed by atoms with Crippen LogP contribution < -0.4 is 10.6 Å². The first-order chi connectivity index (χ1) is 15.0. The van der Waals surface area contributed by atoms with Crippen LogP contribution in [-0.4, -0.2) is 43.0 Å². The zero-order chi connectivity index (χ0) is 22.2. The molecule has 1 aliphatic rings. The quantitative estimate of drug-likeness (QED) is 0.694. The van der Waals surface area contributed by atoms with E-state index in [0.29, 0.717) is 25.9 Å². The highest BCUT2D eigenvalue weighted by Crippen LogP contribution is 2.23. The molecule has 31 heavy (non-hydrogen) atoms. The highest BCUT2D eigenvalue weighted by atomic mass is 16.5. The van der Waals surface area contributed by atoms with Crippen LogP contribution in [0.2, 0.25) is 0 Å². The van der Waals surface area contributed by atoms with Crippen molar-refractivity contribution in [3.05, 3.63) is 65.7 Å². The van der Waals surface area contributed by atoms with Gasteiger partial charge in [0, 0.05) is 24.7 Å². The molecule has 0 unspecified atom stereocenters. The van der Waals surface area contributed by atoms with Gasteiger partial charge < -0.3 is 20.3 Å². The minimum atomic E-state index is -0.444. The summed E-state index contributed by atoms with van der Waals surface area (Å²) in [6.07, 6.45) is 1.23. The SMILES string of the molecule is COC(=O)C[C@@H](NC(=O)C1CCN(C(=O)Nc2ccccc2)CC1)c1ccc(C)cc1. The normalized spacial score (nSPS) is 15.1. The van der Waals surface area contributed by atoms with Crippen molar-refractivity contribution < 1.29 is 19.1 Å². The molecule has 2 N–H and O–H groups in total. The average Bonchev–Trinajstić information content (AvgIpc) is 2.79. The molecule has 2 aromatic carbocycles. The minimum absolute atomic E-state index is 0.0730. The van der Waals surface area contributed by atoms with Gasteiger partial charge in [-0.15, -0.1) is 0 Å². The second-order valence-corrected chi connectivity index (χ2v) is 7.81. The number of aryl methyl sites for hydroxylation is 1. The number of ether oxygens (including phenoxy) is 1. The standard InChI is InChI=1S/C24H29N3O4/c1-17-8-10-18(11-9-17)21(16-22(28)31-2)26-23(29)19-12-14-27(15-13-19)24(30)25-20-6-4-3-5-7-20/h3-11,19,21H,12-16H2,1-2H3,(H,25,30)(H,26,29)/t21-/m1/s1. The van der Waals surface area contributed by atoms with Gasteiger partial charge in [-0.2, -0.15) is 0 Å². The van der Waals surface area contributed by atoms with Gasteiger partial charge in [-0.05, 0) is 37.5 Å². The molecule has 7 nitrogen and oxygen atoms in total. The van der Waals surface area contributed by atoms with E-state index in [9.17, 15) is 14.4 Å². The smallest absolute Gasteiger partial charge is 0.321 e. The molecule has 2 aromatic rings. The fourth-order valence-electron chi connectivity index (χ4n) is 3.66. The fraction of sp³-hybridized carbons (Fsp3) is 0.375. The first kappa shape index (κ1) is 22.3. The fourth-order valence-corrected chi connectivity index (χ4v) is 3.66. The van der Waals surface area contributed by atoms with Crippen molar-refractivity contribution in [3.8, 4) is 0 Å². The second kappa shape index (κ2) is 10.6. The molecule has 1 fully saturated rings. The zero-order valence-corrected chi connectivity index (χ0v) is 18.0. The Labute approximate surface area is 182 Å². The summed E-state index contributed by atoms with van der Waals surface area (Å²) in [4.78, 5) is 38.9. The van der Waals surface area contributed by atoms with Crippen molar-refractivity contribution in [2.24, 2.45) is 5.92 Å². The minimum Gasteiger partial charge on any atom is -0.469 e. The van der Waals surface area contributed by atoms with Gasteiger partial charge in [0.1, 0.15) is 0 Å². The maximum Gasteiger partial charge on any atom is 0.321 e. The van der Waals surface area contributed by atoms with Crippen LogP contribution in [0.25, 0.3) is 0 Å². The summed E-state index contributed by atoms with van der Waals surface area (Å²) in [5, 5.41) is 5.89. The summed E-state index contributed by atoms with van der Waals surface area (Å²) < 4.78 is 4.80. The number of hydrogen-bond donors (Lipinski definition) is 2. The first-order valence-electron chi connectivity index (χ1n) is 10.5. The molecule has 3 rings (SSSR count). The van der Waals surface area contributed by atoms with Crippen molar-refractivity contribution >= 4 is 23.6 Å². The van der Waals surface area contributed by atoms with Crippen molar-refractivity contribution in [2.75, 3.05) is 25.5 Å². The van der Waals surface area contributed by atoms with Crippen LogP contribution in [0.4, 0.5) is 10.5 Å². The van der Waals surface area contributed by atoms with Crippen LogP contribution in [0.3, 0.4) is 0 Å². The van der Waals surface area contributed by atoms with Crippen LogP contribution in [-0.2, 0) is 14.3 Å². The Hall–Kier alpha value is -3.35. The van der Waals surface area contributed by atoms with Gasteiger partial charge in [0.25, 0.3) is 0 Å². The van der Waals surface area contributed by atoms with Gasteiger partial charge in [-0.1, -0.05) is 48.0 Å². The number of para-hydroxylation sites is 1. The molecule has 0 bridgehead atoms. The Kier molecular flexibility index (Phi) is 7.65. The summed E-state index contributed by atoms with van der Waals surface area (Å²) >= 11 is 0. The summed E-state index contributed by atoms with van der Waals surface area (Å²) in [6, 6.07) is 16.4. The first-order valence-corrected chi connectivity index (χ1v) is 10.5. The maximum atomic E-state index is 12.9. The summed E-state index contributed by atoms with van der Waals surface area (Å²) in [6.45, 7) is 2.99. The van der Waals surface area contributed by atoms with Crippen LogP contribution in [0.1, 0.15) is 36.4 Å². The summed E-state index contributed by atoms with van der Waals surface area (Å²) in [5.41, 5.74) is 2.72. The van der Waals surface area contributed by atoms with E-state index in [-0.39, 0.29) is 30.2 Å². The largest absolute Gasteiger partial charge is 0.469 e. The van der Waals surface area contributed by atoms with Crippen molar-refractivity contribution in [3.63, 3.8) is 0 Å². The van der Waals surface area contributed by atoms with E-state index < -0.39 is 6.04 Å². The lowest BCUT2D eigenvalue weighted by Gasteiger charge is -2.32. The van der Waals surface area contributed by atoms with E-state index in [1.54, 1.807) is 4.90 Å². The number of esters is 1. The molecule has 7 heteroatoms. The summed E-state index contributed by atoms with van der Waals surface area (Å²) in [7, 11) is 1.34. The second-order valence-electron chi connectivity index (χ2n) is 7.81. The molecule has 0 aliphatic carbocycles. The van der Waals surface area contributed by atoms with E-state index in [1.165, 1.54) is 7.11 Å². The molecule has 0 aromatic heterocycles. The van der Waals surface area contributed by atoms with Gasteiger partial charge in [-0.3, -0.25) is 9.59 Å². The van der Waals surface area contributed by atoms with E-state index in [1.807, 2.05) is 61.5 Å². The highest BCUT2D eigenvalue weighted by Gasteiger charge is 2.29. The zero-order valence-electron chi connectivity index (χ0n) is 18.0. The molecular formula is C24H29N3O4. The predicted molar refractivity (Wildman–Crippen MR) is 118 cm³/mol. The number of carbonyl (C=O) groups is 3. The van der Waals surface area contributed by atoms with Crippen LogP contribution >= 0.6 is 0 Å². The monoisotopic (exact) mass is 423 g/mol. The lowest BCUT2D eigenvalue weighted by atomic mass is 9.94. The molecule has 1 saturated heterocycles. The van der Waals surface area contributed by atoms with E-state index in [2.05, 4.69) is 10.6 Å². The summed E-state index contributed by atoms with van der Waals surface area (Å²) in [5.74, 6) is -0.678. The third-order valence-corrected chi connectivity index (χ3v) is 5.57. The average molecular weight is 424 g/mol. The van der Waals surface area contributed by atoms with Crippen LogP contribution in [0.15, 0.2) is 54.6 Å². The Morgan fingerprint density at radius 3 is 2.29 bits per heavy atom. The number of hydrogen-bond acceptors (Lipinski definition) is 4. The van der Waals surface area contributed by atoms with Gasteiger partial charge in [-0.25, -0.2) is 4.79 Å². The van der Waals surface area contributed by atoms with Gasteiger partial charge in [0.15, 0.2) is 0 Å². The maximum absolute atomic E-state index is 12.9. The number of urea groups is 1. The number of benzene rings is 2. The Morgan fingerprint density at radius 2 is 1.68 bits per heavy atom. The molecular weight excluding hydrogens is 394 g/mol. The molecule has 1 aliphatic heterocycles. The molecule has 1 atom stereocenters. The molecule has 0 saturated carbocycles. The number of anilines is 1. The molecule has 1 heterocycles. The Balaban J connectivity index is 1.56. The lowest BCUT2D eigenvalue weighted by Crippen LogP contribution is -2.45. The molecule has 0 spiro atoms. The van der Waals surface area contributed by atoms with E-state index in [0.717, 1.165) is 16.8 Å². The third-order valence-electron chi connectivity index (χ3n) is 5.57. The topological polar surface area (TPSA) is 87.7 Å². The lowest BCUT2D eigenvalue weighted by molar-refractivity contribution is -0.141. The van der Waals surface area contributed by atoms with E-state index >= 15 is 0 Å². The number of nitrogens with one attached hydrogen (secondary N) is 2. The number of methoxy groups -OCH3 is 1. The van der Waals surface area contributed by atoms with Crippen molar-refractivity contribution in [1.82, 2.24) is 10.2 Å². The number of likely N-dealkylation sites (tertiary alicyclic amines) is 1. The van der Waals surface area contributed by atoms with Gasteiger partial charge in [0.2, 0.25) is 5.91 Å². The Morgan fingerprint density at radius 1 is 1.03 bits per heavy atom. The van der Waals surface area contributed by atoms with Crippen LogP contribution in [0.5, 0.6) is 0 Å². The molecule has 3 amide bonds. The number of rotatable bonds is 6. The van der Waals surface area contributed by atoms with Gasteiger partial charge >= 0.3 is 12.0 Å². The number of amides is 3. The van der Waals surface area contributed by atoms with Crippen LogP contribution in [0, 0.1) is 12.8 Å². The van der Waals surface area contributed by atoms with Crippen molar-refractivity contribution in [2.45, 2.75) is 32.2 Å². The number of carbonyl (C=O) groups excluding carboxylic acids is 3. The predicted octanol–water partition coefficient (Wildman–Crippen LogP) is 3.66. The van der Waals surface area contributed by atoms with Crippen molar-refractivity contribution in [1.29, 1.82) is 0 Å². The third kappa shape index (κ3) is 6.31.